The third-order valence-electron chi connectivity index (χ3n) is 3.27. The minimum Gasteiger partial charge on any atom is -0.456 e. The molecule has 8 nitrogen and oxygen atoms in total. The van der Waals surface area contributed by atoms with Crippen molar-refractivity contribution in [2.75, 3.05) is 5.75 Å². The zero-order valence-corrected chi connectivity index (χ0v) is 15.6. The Morgan fingerprint density at radius 1 is 1.23 bits per heavy atom. The summed E-state index contributed by atoms with van der Waals surface area (Å²) in [6.45, 7) is 3.38. The lowest BCUT2D eigenvalue weighted by Gasteiger charge is -2.11. The second kappa shape index (κ2) is 8.15. The van der Waals surface area contributed by atoms with Gasteiger partial charge in [0.05, 0.1) is 15.7 Å². The number of amidine groups is 1. The van der Waals surface area contributed by atoms with Gasteiger partial charge in [-0.15, -0.1) is 0 Å². The average Bonchev–Trinajstić information content (AvgIpc) is 2.56. The zero-order chi connectivity index (χ0) is 19.3. The third kappa shape index (κ3) is 4.93. The van der Waals surface area contributed by atoms with Gasteiger partial charge in [-0.3, -0.25) is 0 Å². The van der Waals surface area contributed by atoms with Crippen molar-refractivity contribution in [3.05, 3.63) is 47.0 Å². The van der Waals surface area contributed by atoms with Crippen LogP contribution in [0.4, 0.5) is 0 Å². The maximum absolute atomic E-state index is 11.9. The first-order valence-corrected chi connectivity index (χ1v) is 9.47. The van der Waals surface area contributed by atoms with Crippen molar-refractivity contribution in [3.8, 4) is 17.2 Å². The Kier molecular flexibility index (Phi) is 6.17. The number of nitrogens with two attached hydrogens (primary N) is 1. The summed E-state index contributed by atoms with van der Waals surface area (Å²) in [6, 6.07) is 8.97. The molecule has 0 spiro atoms. The van der Waals surface area contributed by atoms with E-state index in [0.717, 1.165) is 5.56 Å². The van der Waals surface area contributed by atoms with E-state index in [2.05, 4.69) is 10.3 Å². The van der Waals surface area contributed by atoms with Crippen molar-refractivity contribution in [3.63, 3.8) is 0 Å². The lowest BCUT2D eigenvalue weighted by molar-refractivity contribution is 0.474. The number of nitrogens with zero attached hydrogens (tertiary/aromatic N) is 2. The minimum atomic E-state index is -3.35. The maximum atomic E-state index is 11.9. The molecule has 0 aliphatic rings. The summed E-state index contributed by atoms with van der Waals surface area (Å²) in [7, 11) is -3.35. The van der Waals surface area contributed by atoms with Crippen molar-refractivity contribution >= 4 is 27.5 Å². The molecule has 2 aromatic rings. The van der Waals surface area contributed by atoms with E-state index in [0.29, 0.717) is 17.2 Å². The lowest BCUT2D eigenvalue weighted by atomic mass is 10.2. The second-order valence-corrected chi connectivity index (χ2v) is 7.91. The molecule has 2 aromatic carbocycles. The minimum absolute atomic E-state index is 0.0182. The Labute approximate surface area is 156 Å². The first-order valence-electron chi connectivity index (χ1n) is 7.44. The number of aryl methyl sites for hydroxylation is 1. The maximum Gasteiger partial charge on any atom is 0.313 e. The summed E-state index contributed by atoms with van der Waals surface area (Å²) in [6.07, 6.45) is 0. The molecule has 0 aliphatic heterocycles. The van der Waals surface area contributed by atoms with Crippen molar-refractivity contribution in [1.82, 2.24) is 0 Å². The Morgan fingerprint density at radius 3 is 2.54 bits per heavy atom. The van der Waals surface area contributed by atoms with Crippen LogP contribution in [0.5, 0.6) is 17.2 Å². The van der Waals surface area contributed by atoms with Crippen LogP contribution in [0.1, 0.15) is 12.5 Å². The number of benzene rings is 2. The van der Waals surface area contributed by atoms with Crippen LogP contribution in [0.2, 0.25) is 5.02 Å². The molecular formula is C16H17ClN4O4S. The van der Waals surface area contributed by atoms with Crippen LogP contribution in [0.15, 0.2) is 51.6 Å². The Morgan fingerprint density at radius 2 is 1.92 bits per heavy atom. The van der Waals surface area contributed by atoms with Crippen LogP contribution < -0.4 is 15.2 Å². The first-order chi connectivity index (χ1) is 12.2. The van der Waals surface area contributed by atoms with Gasteiger partial charge in [0.1, 0.15) is 17.2 Å². The molecule has 0 radical (unpaired) electrons. The van der Waals surface area contributed by atoms with Crippen LogP contribution in [0, 0.1) is 12.5 Å². The molecule has 0 unspecified atom stereocenters. The van der Waals surface area contributed by atoms with E-state index in [1.165, 1.54) is 18.2 Å². The van der Waals surface area contributed by atoms with Crippen LogP contribution >= 0.6 is 11.6 Å². The summed E-state index contributed by atoms with van der Waals surface area (Å²) in [4.78, 5) is 0.133. The molecule has 0 bridgehead atoms. The van der Waals surface area contributed by atoms with Gasteiger partial charge < -0.3 is 15.2 Å². The van der Waals surface area contributed by atoms with Gasteiger partial charge in [-0.2, -0.15) is 5.53 Å². The van der Waals surface area contributed by atoms with E-state index < -0.39 is 9.84 Å². The van der Waals surface area contributed by atoms with Gasteiger partial charge in [-0.05, 0) is 48.0 Å². The topological polar surface area (TPSA) is 127 Å². The van der Waals surface area contributed by atoms with Gasteiger partial charge >= 0.3 is 6.02 Å². The molecule has 0 atom stereocenters. The smallest absolute Gasteiger partial charge is 0.313 e. The number of rotatable bonds is 6. The van der Waals surface area contributed by atoms with Crippen LogP contribution in [0.25, 0.3) is 0 Å². The summed E-state index contributed by atoms with van der Waals surface area (Å²) in [5.41, 5.74) is 12.9. The number of hydrogen-bond acceptors (Lipinski definition) is 6. The summed E-state index contributed by atoms with van der Waals surface area (Å²) < 4.78 is 34.8. The van der Waals surface area contributed by atoms with E-state index in [4.69, 9.17) is 32.3 Å². The van der Waals surface area contributed by atoms with E-state index in [1.54, 1.807) is 25.1 Å². The lowest BCUT2D eigenvalue weighted by Crippen LogP contribution is -2.18. The number of sulfone groups is 1. The SMILES string of the molecule is CCS(=O)(=O)c1ccc(Oc2cc(C)cc(O/C(N)=N/N=N)c2)c(Cl)c1. The zero-order valence-electron chi connectivity index (χ0n) is 14.1. The molecular weight excluding hydrogens is 380 g/mol. The van der Waals surface area contributed by atoms with Crippen molar-refractivity contribution < 1.29 is 17.9 Å². The third-order valence-corrected chi connectivity index (χ3v) is 5.29. The summed E-state index contributed by atoms with van der Waals surface area (Å²) >= 11 is 6.15. The Hall–Kier alpha value is -2.65. The molecule has 0 fully saturated rings. The van der Waals surface area contributed by atoms with Crippen molar-refractivity contribution in [1.29, 1.82) is 5.53 Å². The highest BCUT2D eigenvalue weighted by molar-refractivity contribution is 7.91. The predicted molar refractivity (Wildman–Crippen MR) is 97.8 cm³/mol. The van der Waals surface area contributed by atoms with Gasteiger partial charge in [0.2, 0.25) is 0 Å². The molecule has 3 N–H and O–H groups in total. The number of halogens is 1. The molecule has 0 heterocycles. The predicted octanol–water partition coefficient (Wildman–Crippen LogP) is 3.87. The van der Waals surface area contributed by atoms with Crippen molar-refractivity contribution in [2.45, 2.75) is 18.7 Å². The van der Waals surface area contributed by atoms with Gasteiger partial charge in [-0.1, -0.05) is 23.6 Å². The van der Waals surface area contributed by atoms with E-state index in [1.807, 2.05) is 6.92 Å². The number of ether oxygens (including phenoxy) is 2. The van der Waals surface area contributed by atoms with E-state index in [-0.39, 0.29) is 21.7 Å². The van der Waals surface area contributed by atoms with Crippen LogP contribution in [0.3, 0.4) is 0 Å². The largest absolute Gasteiger partial charge is 0.456 e. The number of nitrogens with one attached hydrogen (secondary N) is 1. The molecule has 138 valence electrons. The number of hydrogen-bond donors (Lipinski definition) is 2. The quantitative estimate of drug-likeness (QED) is 0.331. The molecule has 10 heteroatoms. The van der Waals surface area contributed by atoms with Gasteiger partial charge in [-0.25, -0.2) is 8.42 Å². The highest BCUT2D eigenvalue weighted by atomic mass is 35.5. The van der Waals surface area contributed by atoms with Crippen molar-refractivity contribution in [2.24, 2.45) is 16.1 Å². The van der Waals surface area contributed by atoms with E-state index in [9.17, 15) is 8.42 Å². The fourth-order valence-corrected chi connectivity index (χ4v) is 3.26. The molecule has 26 heavy (non-hydrogen) atoms. The fraction of sp³-hybridized carbons (Fsp3) is 0.188. The van der Waals surface area contributed by atoms with Gasteiger partial charge in [0.25, 0.3) is 0 Å². The Bertz CT molecular complexity index is 961. The molecule has 2 rings (SSSR count). The fourth-order valence-electron chi connectivity index (χ4n) is 2.07. The monoisotopic (exact) mass is 396 g/mol. The molecule has 0 saturated carbocycles. The summed E-state index contributed by atoms with van der Waals surface area (Å²) in [5, 5.41) is 6.21. The normalized spacial score (nSPS) is 11.9. The van der Waals surface area contributed by atoms with Crippen LogP contribution in [-0.4, -0.2) is 20.2 Å². The highest BCUT2D eigenvalue weighted by Gasteiger charge is 2.15. The molecule has 0 aliphatic carbocycles. The standard InChI is InChI=1S/C16H17ClN4O4S/c1-3-26(22,23)13-4-5-15(14(17)9-13)24-11-6-10(2)7-12(8-11)25-16(18)20-21-19/h4-9H,3H2,1-2H3,(H3,18,19,20). The molecule has 0 aromatic heterocycles. The molecule has 0 amide bonds. The Balaban J connectivity index is 2.30. The molecule has 0 saturated heterocycles. The highest BCUT2D eigenvalue weighted by Crippen LogP contribution is 2.33. The van der Waals surface area contributed by atoms with Gasteiger partial charge in [0, 0.05) is 6.07 Å². The van der Waals surface area contributed by atoms with E-state index >= 15 is 0 Å². The summed E-state index contributed by atoms with van der Waals surface area (Å²) in [5.74, 6) is 1.02. The second-order valence-electron chi connectivity index (χ2n) is 5.22. The van der Waals surface area contributed by atoms with Crippen LogP contribution in [-0.2, 0) is 9.84 Å². The average molecular weight is 397 g/mol. The first kappa shape index (κ1) is 19.7. The van der Waals surface area contributed by atoms with Gasteiger partial charge in [0.15, 0.2) is 9.84 Å².